The van der Waals surface area contributed by atoms with Gasteiger partial charge in [0.25, 0.3) is 0 Å². The molecule has 0 unspecified atom stereocenters. The van der Waals surface area contributed by atoms with Crippen LogP contribution in [0.25, 0.3) is 132 Å². The zero-order chi connectivity index (χ0) is 45.7. The maximum atomic E-state index is 6.68. The predicted molar refractivity (Wildman–Crippen MR) is 285 cm³/mol. The van der Waals surface area contributed by atoms with Gasteiger partial charge in [0.05, 0.1) is 5.41 Å². The van der Waals surface area contributed by atoms with E-state index in [1.54, 1.807) is 11.3 Å². The summed E-state index contributed by atoms with van der Waals surface area (Å²) in [6, 6.07) is 76.1. The van der Waals surface area contributed by atoms with E-state index in [1.165, 1.54) is 59.3 Å². The summed E-state index contributed by atoms with van der Waals surface area (Å²) in [5, 5.41) is 6.35. The molecular weight excluding hydrogens is 875 g/mol. The second kappa shape index (κ2) is 14.0. The van der Waals surface area contributed by atoms with Crippen LogP contribution in [0.1, 0.15) is 22.3 Å². The minimum atomic E-state index is -0.389. The van der Waals surface area contributed by atoms with E-state index in [1.807, 2.05) is 36.4 Å². The molecule has 0 radical (unpaired) electrons. The number of hydrogen-bond acceptors (Lipinski definition) is 6. The minimum Gasteiger partial charge on any atom is -0.456 e. The maximum Gasteiger partial charge on any atom is 0.164 e. The third-order valence-corrected chi connectivity index (χ3v) is 16.1. The van der Waals surface area contributed by atoms with Crippen LogP contribution in [-0.2, 0) is 5.41 Å². The number of benzene rings is 10. The molecule has 5 nitrogen and oxygen atoms in total. The van der Waals surface area contributed by atoms with E-state index in [-0.39, 0.29) is 5.41 Å². The zero-order valence-corrected chi connectivity index (χ0v) is 38.1. The quantitative estimate of drug-likeness (QED) is 0.176. The second-order valence-corrected chi connectivity index (χ2v) is 19.6. The smallest absolute Gasteiger partial charge is 0.164 e. The lowest BCUT2D eigenvalue weighted by Gasteiger charge is -2.30. The van der Waals surface area contributed by atoms with Gasteiger partial charge in [-0.25, -0.2) is 15.0 Å². The molecule has 10 aromatic carbocycles. The summed E-state index contributed by atoms with van der Waals surface area (Å²) >= 11 is 1.79. The molecule has 2 aliphatic carbocycles. The highest BCUT2D eigenvalue weighted by molar-refractivity contribution is 7.25. The predicted octanol–water partition coefficient (Wildman–Crippen LogP) is 17.0. The van der Waals surface area contributed by atoms with E-state index in [2.05, 4.69) is 176 Å². The molecule has 324 valence electrons. The summed E-state index contributed by atoms with van der Waals surface area (Å²) in [5.74, 6) is 1.77. The van der Waals surface area contributed by atoms with Crippen molar-refractivity contribution in [2.45, 2.75) is 5.41 Å². The van der Waals surface area contributed by atoms with Crippen molar-refractivity contribution < 1.29 is 8.83 Å². The summed E-state index contributed by atoms with van der Waals surface area (Å²) in [6.45, 7) is 0. The van der Waals surface area contributed by atoms with E-state index in [9.17, 15) is 0 Å². The van der Waals surface area contributed by atoms with Gasteiger partial charge in [0, 0.05) is 58.4 Å². The van der Waals surface area contributed by atoms with E-state index < -0.39 is 0 Å². The Labute approximate surface area is 404 Å². The summed E-state index contributed by atoms with van der Waals surface area (Å²) in [6.07, 6.45) is 0. The summed E-state index contributed by atoms with van der Waals surface area (Å²) in [5.41, 5.74) is 18.3. The van der Waals surface area contributed by atoms with Gasteiger partial charge in [0.15, 0.2) is 17.5 Å². The van der Waals surface area contributed by atoms with Gasteiger partial charge < -0.3 is 8.83 Å². The number of para-hydroxylation sites is 1. The Kier molecular flexibility index (Phi) is 7.63. The van der Waals surface area contributed by atoms with E-state index >= 15 is 0 Å². The number of hydrogen-bond donors (Lipinski definition) is 0. The molecule has 0 amide bonds. The lowest BCUT2D eigenvalue weighted by molar-refractivity contribution is 0.668. The number of thiophene rings is 1. The molecule has 6 heteroatoms. The number of furan rings is 2. The monoisotopic (exact) mass is 909 g/mol. The molecule has 0 aliphatic heterocycles. The topological polar surface area (TPSA) is 65.0 Å². The average Bonchev–Trinajstić information content (AvgIpc) is 4.23. The molecule has 0 N–H and O–H groups in total. The van der Waals surface area contributed by atoms with Crippen molar-refractivity contribution >= 4 is 75.4 Å². The number of nitrogens with zero attached hydrogens (tertiary/aromatic N) is 3. The number of aromatic nitrogens is 3. The fourth-order valence-corrected chi connectivity index (χ4v) is 13.2. The van der Waals surface area contributed by atoms with Crippen LogP contribution in [-0.4, -0.2) is 15.0 Å². The van der Waals surface area contributed by atoms with Gasteiger partial charge in [-0.1, -0.05) is 152 Å². The highest BCUT2D eigenvalue weighted by atomic mass is 32.1. The van der Waals surface area contributed by atoms with E-state index in [0.717, 1.165) is 77.1 Å². The van der Waals surface area contributed by atoms with Gasteiger partial charge in [-0.05, 0) is 116 Å². The highest BCUT2D eigenvalue weighted by Gasteiger charge is 2.51. The third-order valence-electron chi connectivity index (χ3n) is 15.0. The first-order valence-corrected chi connectivity index (χ1v) is 24.5. The van der Waals surface area contributed by atoms with Crippen LogP contribution >= 0.6 is 11.3 Å². The molecule has 4 aromatic heterocycles. The summed E-state index contributed by atoms with van der Waals surface area (Å²) in [4.78, 5) is 16.1. The van der Waals surface area contributed by atoms with Crippen LogP contribution < -0.4 is 0 Å². The average molecular weight is 910 g/mol. The van der Waals surface area contributed by atoms with Crippen LogP contribution in [0, 0.1) is 0 Å². The summed E-state index contributed by atoms with van der Waals surface area (Å²) in [7, 11) is 0. The highest BCUT2D eigenvalue weighted by Crippen LogP contribution is 2.63. The van der Waals surface area contributed by atoms with Crippen LogP contribution in [0.4, 0.5) is 0 Å². The van der Waals surface area contributed by atoms with E-state index in [4.69, 9.17) is 23.8 Å². The van der Waals surface area contributed by atoms with Crippen LogP contribution in [0.15, 0.2) is 221 Å². The van der Waals surface area contributed by atoms with Gasteiger partial charge in [0.2, 0.25) is 0 Å². The van der Waals surface area contributed by atoms with E-state index in [0.29, 0.717) is 17.5 Å². The minimum absolute atomic E-state index is 0.389. The van der Waals surface area contributed by atoms with Crippen molar-refractivity contribution in [2.75, 3.05) is 0 Å². The van der Waals surface area contributed by atoms with Gasteiger partial charge in [0.1, 0.15) is 22.3 Å². The fraction of sp³-hybridized carbons (Fsp3) is 0.0156. The molecule has 14 aromatic rings. The van der Waals surface area contributed by atoms with Crippen molar-refractivity contribution in [3.05, 3.63) is 235 Å². The molecule has 0 fully saturated rings. The first kappa shape index (κ1) is 38.0. The Morgan fingerprint density at radius 1 is 0.300 bits per heavy atom. The normalized spacial score (nSPS) is 13.3. The lowest BCUT2D eigenvalue weighted by Crippen LogP contribution is -2.25. The molecule has 70 heavy (non-hydrogen) atoms. The standard InChI is InChI=1S/C64H35N3O2S/c1-6-20-49-39(13-1)40-14-2-7-21-50(40)64(49)51-22-8-3-15-41(51)46-33-36(27-30-52(46)64)37-28-31-55-48(34-37)59-44(18-11-24-56(59)69-55)62-65-61(38-29-32-54-47(35-38)42-16-4-9-23-53(42)68-54)66-63(67-62)45-19-12-26-58-60(45)43-17-5-10-25-57(43)70-58/h1-35H. The van der Waals surface area contributed by atoms with Crippen molar-refractivity contribution in [3.63, 3.8) is 0 Å². The lowest BCUT2D eigenvalue weighted by atomic mass is 9.70. The van der Waals surface area contributed by atoms with Crippen molar-refractivity contribution in [1.82, 2.24) is 15.0 Å². The Morgan fingerprint density at radius 3 is 1.56 bits per heavy atom. The summed E-state index contributed by atoms with van der Waals surface area (Å²) < 4.78 is 15.3. The molecule has 1 spiro atoms. The fourth-order valence-electron chi connectivity index (χ4n) is 12.0. The molecular formula is C64H35N3O2S. The number of fused-ring (bicyclic) bond motifs is 19. The molecule has 0 atom stereocenters. The Hall–Kier alpha value is -8.97. The largest absolute Gasteiger partial charge is 0.456 e. The van der Waals surface area contributed by atoms with Crippen LogP contribution in [0.3, 0.4) is 0 Å². The first-order chi connectivity index (χ1) is 34.7. The second-order valence-electron chi connectivity index (χ2n) is 18.5. The zero-order valence-electron chi connectivity index (χ0n) is 37.3. The van der Waals surface area contributed by atoms with Gasteiger partial charge in [-0.2, -0.15) is 0 Å². The molecule has 0 bridgehead atoms. The SMILES string of the molecule is c1ccc2c(c1)-c1ccccc1C21c2ccccc2-c2cc(-c3ccc4oc5cccc(-c6nc(-c7ccc8oc9ccccc9c8c7)nc(-c7cccc8sc9ccccc9c78)n6)c5c4c3)ccc21. The maximum absolute atomic E-state index is 6.68. The van der Waals surface area contributed by atoms with Gasteiger partial charge >= 0.3 is 0 Å². The van der Waals surface area contributed by atoms with Gasteiger partial charge in [-0.3, -0.25) is 0 Å². The van der Waals surface area contributed by atoms with Crippen LogP contribution in [0.5, 0.6) is 0 Å². The molecule has 4 heterocycles. The Morgan fingerprint density at radius 2 is 0.786 bits per heavy atom. The van der Waals surface area contributed by atoms with Gasteiger partial charge in [-0.15, -0.1) is 11.3 Å². The number of rotatable bonds is 4. The first-order valence-electron chi connectivity index (χ1n) is 23.7. The van der Waals surface area contributed by atoms with Crippen molar-refractivity contribution in [1.29, 1.82) is 0 Å². The molecule has 2 aliphatic rings. The molecule has 0 saturated carbocycles. The van der Waals surface area contributed by atoms with Crippen molar-refractivity contribution in [3.8, 4) is 67.5 Å². The molecule has 0 saturated heterocycles. The molecule has 16 rings (SSSR count). The Bertz CT molecular complexity index is 4530. The van der Waals surface area contributed by atoms with Crippen LogP contribution in [0.2, 0.25) is 0 Å². The van der Waals surface area contributed by atoms with Crippen molar-refractivity contribution in [2.24, 2.45) is 0 Å². The Balaban J connectivity index is 0.895. The third kappa shape index (κ3) is 5.12.